The predicted molar refractivity (Wildman–Crippen MR) is 362 cm³/mol. The van der Waals surface area contributed by atoms with Gasteiger partial charge in [0.05, 0.1) is 0 Å². The Bertz CT molecular complexity index is 1700. The summed E-state index contributed by atoms with van der Waals surface area (Å²) in [7, 11) is 0. The summed E-state index contributed by atoms with van der Waals surface area (Å²) in [6.07, 6.45) is 98.0. The molecule has 0 heterocycles. The summed E-state index contributed by atoms with van der Waals surface area (Å²) in [5.41, 5.74) is 0. The van der Waals surface area contributed by atoms with Crippen LogP contribution < -0.4 is 0 Å². The van der Waals surface area contributed by atoms with E-state index in [9.17, 15) is 14.4 Å². The van der Waals surface area contributed by atoms with Gasteiger partial charge in [-0.15, -0.1) is 0 Å². The smallest absolute Gasteiger partial charge is 0.306 e. The zero-order chi connectivity index (χ0) is 59.9. The van der Waals surface area contributed by atoms with Crippen molar-refractivity contribution in [3.63, 3.8) is 0 Å². The maximum atomic E-state index is 13.0. The van der Waals surface area contributed by atoms with Crippen LogP contribution in [0.15, 0.2) is 122 Å². The summed E-state index contributed by atoms with van der Waals surface area (Å²) < 4.78 is 16.9. The van der Waals surface area contributed by atoms with Gasteiger partial charge in [0.2, 0.25) is 0 Å². The average Bonchev–Trinajstić information content (AvgIpc) is 3.50. The molecule has 0 radical (unpaired) electrons. The molecule has 83 heavy (non-hydrogen) atoms. The fourth-order valence-electron chi connectivity index (χ4n) is 9.76. The Balaban J connectivity index is 4.38. The molecule has 0 rings (SSSR count). The molecule has 0 amide bonds. The largest absolute Gasteiger partial charge is 0.462 e. The second-order valence-electron chi connectivity index (χ2n) is 23.0. The van der Waals surface area contributed by atoms with E-state index >= 15 is 0 Å². The van der Waals surface area contributed by atoms with Gasteiger partial charge in [-0.05, 0) is 122 Å². The molecule has 0 spiro atoms. The topological polar surface area (TPSA) is 78.9 Å². The molecule has 0 bridgehead atoms. The van der Waals surface area contributed by atoms with E-state index in [0.717, 1.165) is 109 Å². The lowest BCUT2D eigenvalue weighted by Gasteiger charge is -2.18. The maximum Gasteiger partial charge on any atom is 0.306 e. The van der Waals surface area contributed by atoms with Crippen LogP contribution in [0.3, 0.4) is 0 Å². The quantitative estimate of drug-likeness (QED) is 0.0261. The molecule has 0 fully saturated rings. The molecule has 1 unspecified atom stereocenters. The Kier molecular flexibility index (Phi) is 66.7. The van der Waals surface area contributed by atoms with E-state index in [4.69, 9.17) is 14.2 Å². The van der Waals surface area contributed by atoms with Gasteiger partial charge in [-0.1, -0.05) is 309 Å². The van der Waals surface area contributed by atoms with Gasteiger partial charge in [-0.25, -0.2) is 0 Å². The summed E-state index contributed by atoms with van der Waals surface area (Å²) in [5, 5.41) is 0. The van der Waals surface area contributed by atoms with Gasteiger partial charge in [0, 0.05) is 19.3 Å². The van der Waals surface area contributed by atoms with Crippen molar-refractivity contribution in [2.45, 2.75) is 335 Å². The summed E-state index contributed by atoms with van der Waals surface area (Å²) in [6, 6.07) is 0. The molecule has 0 aliphatic heterocycles. The van der Waals surface area contributed by atoms with E-state index in [1.54, 1.807) is 0 Å². The second-order valence-corrected chi connectivity index (χ2v) is 23.0. The third-order valence-corrected chi connectivity index (χ3v) is 14.9. The van der Waals surface area contributed by atoms with Crippen LogP contribution in [-0.4, -0.2) is 37.2 Å². The number of carbonyl (C=O) groups excluding carboxylic acids is 3. The van der Waals surface area contributed by atoms with Crippen LogP contribution in [-0.2, 0) is 28.6 Å². The van der Waals surface area contributed by atoms with Crippen LogP contribution in [0, 0.1) is 0 Å². The Morgan fingerprint density at radius 2 is 0.482 bits per heavy atom. The van der Waals surface area contributed by atoms with Crippen molar-refractivity contribution in [1.29, 1.82) is 0 Å². The van der Waals surface area contributed by atoms with Crippen molar-refractivity contribution >= 4 is 17.9 Å². The fourth-order valence-corrected chi connectivity index (χ4v) is 9.76. The summed E-state index contributed by atoms with van der Waals surface area (Å²) in [4.78, 5) is 38.4. The van der Waals surface area contributed by atoms with Crippen molar-refractivity contribution in [3.8, 4) is 0 Å². The molecule has 0 saturated carbocycles. The number of ether oxygens (including phenoxy) is 3. The van der Waals surface area contributed by atoms with Gasteiger partial charge >= 0.3 is 17.9 Å². The molecule has 1 atom stereocenters. The first-order valence-corrected chi connectivity index (χ1v) is 35.0. The number of allylic oxidation sites excluding steroid dienone is 20. The SMILES string of the molecule is CC/C=C\C/C=C\C/C=C\C/C=C\C/C=C\CCCC(=O)OCC(COC(=O)CCCCCCCCCCCCCCCCC/C=C\CCCCCCCCCC)OC(=O)CCCCCCCCCC/C=C\C/C=C\C/C=C\C/C=C\CC. The zero-order valence-corrected chi connectivity index (χ0v) is 54.4. The highest BCUT2D eigenvalue weighted by Gasteiger charge is 2.19. The number of esters is 3. The average molecular weight is 1150 g/mol. The number of rotatable bonds is 63. The minimum Gasteiger partial charge on any atom is -0.462 e. The van der Waals surface area contributed by atoms with Crippen LogP contribution in [0.2, 0.25) is 0 Å². The monoisotopic (exact) mass is 1150 g/mol. The Morgan fingerprint density at radius 1 is 0.253 bits per heavy atom. The van der Waals surface area contributed by atoms with E-state index in [1.807, 2.05) is 0 Å². The first kappa shape index (κ1) is 78.8. The molecule has 0 saturated heterocycles. The van der Waals surface area contributed by atoms with Gasteiger partial charge in [0.15, 0.2) is 6.10 Å². The van der Waals surface area contributed by atoms with Crippen LogP contribution in [0.1, 0.15) is 329 Å². The van der Waals surface area contributed by atoms with Crippen molar-refractivity contribution in [3.05, 3.63) is 122 Å². The molecular formula is C77H130O6. The number of unbranched alkanes of at least 4 members (excludes halogenated alkanes) is 32. The first-order valence-electron chi connectivity index (χ1n) is 35.0. The van der Waals surface area contributed by atoms with Crippen molar-refractivity contribution in [2.24, 2.45) is 0 Å². The minimum atomic E-state index is -0.810. The molecule has 6 heteroatoms. The second kappa shape index (κ2) is 70.3. The van der Waals surface area contributed by atoms with E-state index in [0.29, 0.717) is 19.3 Å². The van der Waals surface area contributed by atoms with Gasteiger partial charge < -0.3 is 14.2 Å². The molecule has 0 aliphatic rings. The van der Waals surface area contributed by atoms with Crippen molar-refractivity contribution < 1.29 is 28.6 Å². The standard InChI is InChI=1S/C77H130O6/c1-4-7-10-13-16-19-22-25-28-31-33-35-36-37-38-39-40-42-43-46-49-52-55-58-61-64-67-70-76(79)82-73-74(72-81-75(78)69-66-63-60-57-54-51-48-45-30-27-24-21-18-15-12-9-6-3)83-77(80)71-68-65-62-59-56-53-50-47-44-41-34-32-29-26-23-20-17-14-11-8-5-2/h8-9,11-12,17-18,20-21,26-27,29-31,33-34,41,48,51,57,60,74H,4-7,10,13-16,19,22-25,28,32,35-40,42-47,49-50,52-56,58-59,61-73H2,1-3H3/b11-8-,12-9-,20-17-,21-18-,29-26-,30-27-,33-31-,41-34-,51-48-,60-57-. The lowest BCUT2D eigenvalue weighted by atomic mass is 10.0. The number of hydrogen-bond acceptors (Lipinski definition) is 6. The highest BCUT2D eigenvalue weighted by molar-refractivity contribution is 5.71. The van der Waals surface area contributed by atoms with Crippen LogP contribution >= 0.6 is 0 Å². The van der Waals surface area contributed by atoms with E-state index < -0.39 is 6.10 Å². The highest BCUT2D eigenvalue weighted by Crippen LogP contribution is 2.17. The summed E-state index contributed by atoms with van der Waals surface area (Å²) in [6.45, 7) is 6.39. The fraction of sp³-hybridized carbons (Fsp3) is 0.701. The minimum absolute atomic E-state index is 0.0997. The van der Waals surface area contributed by atoms with Gasteiger partial charge in [0.25, 0.3) is 0 Å². The Morgan fingerprint density at radius 3 is 0.795 bits per heavy atom. The number of hydrogen-bond donors (Lipinski definition) is 0. The number of carbonyl (C=O) groups is 3. The van der Waals surface area contributed by atoms with Crippen molar-refractivity contribution in [2.75, 3.05) is 13.2 Å². The van der Waals surface area contributed by atoms with Gasteiger partial charge in [0.1, 0.15) is 13.2 Å². The lowest BCUT2D eigenvalue weighted by molar-refractivity contribution is -0.167. The molecular weight excluding hydrogens is 1020 g/mol. The van der Waals surface area contributed by atoms with E-state index in [-0.39, 0.29) is 37.5 Å². The molecule has 0 aromatic heterocycles. The van der Waals surface area contributed by atoms with Crippen molar-refractivity contribution in [1.82, 2.24) is 0 Å². The van der Waals surface area contributed by atoms with Crippen LogP contribution in [0.25, 0.3) is 0 Å². The normalized spacial score (nSPS) is 12.9. The van der Waals surface area contributed by atoms with Crippen LogP contribution in [0.4, 0.5) is 0 Å². The summed E-state index contributed by atoms with van der Waals surface area (Å²) >= 11 is 0. The molecule has 0 aromatic rings. The van der Waals surface area contributed by atoms with E-state index in [1.165, 1.54) is 173 Å². The molecule has 474 valence electrons. The zero-order valence-electron chi connectivity index (χ0n) is 54.4. The Labute approximate surface area is 513 Å². The summed E-state index contributed by atoms with van der Waals surface area (Å²) in [5.74, 6) is -0.959. The predicted octanol–water partition coefficient (Wildman–Crippen LogP) is 24.3. The maximum absolute atomic E-state index is 13.0. The lowest BCUT2D eigenvalue weighted by Crippen LogP contribution is -2.30. The van der Waals surface area contributed by atoms with Crippen LogP contribution in [0.5, 0.6) is 0 Å². The van der Waals surface area contributed by atoms with Gasteiger partial charge in [-0.3, -0.25) is 14.4 Å². The molecule has 6 nitrogen and oxygen atoms in total. The molecule has 0 aromatic carbocycles. The first-order chi connectivity index (χ1) is 41.0. The molecule has 0 aliphatic carbocycles. The highest BCUT2D eigenvalue weighted by atomic mass is 16.6. The molecule has 0 N–H and O–H groups in total. The van der Waals surface area contributed by atoms with E-state index in [2.05, 4.69) is 142 Å². The Hall–Kier alpha value is -4.19. The van der Waals surface area contributed by atoms with Gasteiger partial charge in [-0.2, -0.15) is 0 Å². The third kappa shape index (κ3) is 68.5. The third-order valence-electron chi connectivity index (χ3n) is 14.9.